The first kappa shape index (κ1) is 14.4. The van der Waals surface area contributed by atoms with Crippen LogP contribution in [0.25, 0.3) is 0 Å². The second-order valence-electron chi connectivity index (χ2n) is 3.88. The summed E-state index contributed by atoms with van der Waals surface area (Å²) < 4.78 is 39.6. The van der Waals surface area contributed by atoms with E-state index in [9.17, 15) is 13.2 Å². The highest BCUT2D eigenvalue weighted by Crippen LogP contribution is 2.22. The van der Waals surface area contributed by atoms with Crippen LogP contribution in [0.4, 0.5) is 13.2 Å². The minimum atomic E-state index is -4.65. The highest BCUT2D eigenvalue weighted by Gasteiger charge is 2.30. The van der Waals surface area contributed by atoms with Gasteiger partial charge < -0.3 is 10.1 Å². The molecule has 2 nitrogen and oxygen atoms in total. The summed E-state index contributed by atoms with van der Waals surface area (Å²) >= 11 is 0. The van der Waals surface area contributed by atoms with E-state index in [2.05, 4.69) is 16.0 Å². The van der Waals surface area contributed by atoms with Crippen molar-refractivity contribution < 1.29 is 17.9 Å². The van der Waals surface area contributed by atoms with E-state index >= 15 is 0 Å². The van der Waals surface area contributed by atoms with Crippen molar-refractivity contribution >= 4 is 0 Å². The molecule has 1 aromatic carbocycles. The third-order valence-corrected chi connectivity index (χ3v) is 2.24. The molecule has 0 amide bonds. The third-order valence-electron chi connectivity index (χ3n) is 2.24. The first-order valence-electron chi connectivity index (χ1n) is 5.42. The van der Waals surface area contributed by atoms with Crippen LogP contribution < -0.4 is 10.1 Å². The lowest BCUT2D eigenvalue weighted by Gasteiger charge is -2.12. The van der Waals surface area contributed by atoms with Gasteiger partial charge in [0.1, 0.15) is 5.75 Å². The Morgan fingerprint density at radius 3 is 2.44 bits per heavy atom. The largest absolute Gasteiger partial charge is 0.573 e. The van der Waals surface area contributed by atoms with Crippen LogP contribution in [0.5, 0.6) is 5.75 Å². The molecule has 0 saturated carbocycles. The molecule has 98 valence electrons. The van der Waals surface area contributed by atoms with Crippen molar-refractivity contribution in [3.63, 3.8) is 0 Å². The second-order valence-corrected chi connectivity index (χ2v) is 3.88. The molecule has 0 aliphatic carbocycles. The lowest BCUT2D eigenvalue weighted by Crippen LogP contribution is -2.24. The molecule has 0 aliphatic heterocycles. The molecule has 0 aromatic heterocycles. The number of terminal acetylenes is 1. The summed E-state index contributed by atoms with van der Waals surface area (Å²) in [4.78, 5) is 0. The number of ether oxygens (including phenoxy) is 1. The Morgan fingerprint density at radius 2 is 1.94 bits per heavy atom. The maximum atomic E-state index is 11.9. The van der Waals surface area contributed by atoms with Crippen LogP contribution in [0.2, 0.25) is 0 Å². The van der Waals surface area contributed by atoms with E-state index in [0.29, 0.717) is 13.0 Å². The number of benzene rings is 1. The normalized spacial score (nSPS) is 12.8. The molecule has 0 aliphatic rings. The van der Waals surface area contributed by atoms with Crippen molar-refractivity contribution in [2.24, 2.45) is 0 Å². The van der Waals surface area contributed by atoms with Gasteiger partial charge in [-0.05, 0) is 24.6 Å². The standard InChI is InChI=1S/C13H14F3NO/c1-3-4-10(2)17-9-11-5-7-12(8-6-11)18-13(14,15)16/h1,5-8,10,17H,4,9H2,2H3. The zero-order valence-electron chi connectivity index (χ0n) is 9.92. The first-order chi connectivity index (χ1) is 8.40. The zero-order valence-corrected chi connectivity index (χ0v) is 9.92. The quantitative estimate of drug-likeness (QED) is 0.818. The van der Waals surface area contributed by atoms with Crippen LogP contribution in [0.3, 0.4) is 0 Å². The van der Waals surface area contributed by atoms with Crippen LogP contribution in [0.15, 0.2) is 24.3 Å². The number of nitrogens with one attached hydrogen (secondary N) is 1. The van der Waals surface area contributed by atoms with E-state index < -0.39 is 6.36 Å². The Morgan fingerprint density at radius 1 is 1.33 bits per heavy atom. The lowest BCUT2D eigenvalue weighted by atomic mass is 10.2. The summed E-state index contributed by atoms with van der Waals surface area (Å²) in [6.45, 7) is 2.50. The fraction of sp³-hybridized carbons (Fsp3) is 0.385. The number of halogens is 3. The highest BCUT2D eigenvalue weighted by molar-refractivity contribution is 5.27. The van der Waals surface area contributed by atoms with Gasteiger partial charge in [-0.2, -0.15) is 0 Å². The van der Waals surface area contributed by atoms with Gasteiger partial charge in [0.2, 0.25) is 0 Å². The van der Waals surface area contributed by atoms with Crippen molar-refractivity contribution in [1.82, 2.24) is 5.32 Å². The minimum Gasteiger partial charge on any atom is -0.406 e. The van der Waals surface area contributed by atoms with Gasteiger partial charge in [-0.15, -0.1) is 25.5 Å². The molecule has 5 heteroatoms. The molecule has 0 heterocycles. The molecule has 0 radical (unpaired) electrons. The van der Waals surface area contributed by atoms with Crippen LogP contribution in [-0.4, -0.2) is 12.4 Å². The topological polar surface area (TPSA) is 21.3 Å². The van der Waals surface area contributed by atoms with Gasteiger partial charge in [0.25, 0.3) is 0 Å². The van der Waals surface area contributed by atoms with E-state index in [1.54, 1.807) is 12.1 Å². The summed E-state index contributed by atoms with van der Waals surface area (Å²) in [6, 6.07) is 5.90. The van der Waals surface area contributed by atoms with E-state index in [1.807, 2.05) is 6.92 Å². The van der Waals surface area contributed by atoms with Crippen molar-refractivity contribution in [1.29, 1.82) is 0 Å². The molecule has 1 N–H and O–H groups in total. The summed E-state index contributed by atoms with van der Waals surface area (Å²) in [5.41, 5.74) is 0.869. The van der Waals surface area contributed by atoms with E-state index in [-0.39, 0.29) is 11.8 Å². The number of alkyl halides is 3. The van der Waals surface area contributed by atoms with Crippen molar-refractivity contribution in [2.75, 3.05) is 0 Å². The maximum absolute atomic E-state index is 11.9. The van der Waals surface area contributed by atoms with Gasteiger partial charge >= 0.3 is 6.36 Å². The monoisotopic (exact) mass is 257 g/mol. The molecule has 1 atom stereocenters. The molecule has 0 bridgehead atoms. The second kappa shape index (κ2) is 6.31. The Bertz CT molecular complexity index is 406. The fourth-order valence-electron chi connectivity index (χ4n) is 1.35. The Hall–Kier alpha value is -1.67. The van der Waals surface area contributed by atoms with Gasteiger partial charge in [-0.1, -0.05) is 12.1 Å². The van der Waals surface area contributed by atoms with E-state index in [0.717, 1.165) is 5.56 Å². The van der Waals surface area contributed by atoms with Gasteiger partial charge in [0, 0.05) is 19.0 Å². The van der Waals surface area contributed by atoms with E-state index in [4.69, 9.17) is 6.42 Å². The summed E-state index contributed by atoms with van der Waals surface area (Å²) in [6.07, 6.45) is 1.12. The first-order valence-corrected chi connectivity index (χ1v) is 5.42. The van der Waals surface area contributed by atoms with Crippen LogP contribution in [0.1, 0.15) is 18.9 Å². The summed E-state index contributed by atoms with van der Waals surface area (Å²) in [7, 11) is 0. The van der Waals surface area contributed by atoms with Crippen molar-refractivity contribution in [3.8, 4) is 18.1 Å². The molecular weight excluding hydrogens is 243 g/mol. The smallest absolute Gasteiger partial charge is 0.406 e. The van der Waals surface area contributed by atoms with Gasteiger partial charge in [0.05, 0.1) is 0 Å². The van der Waals surface area contributed by atoms with Gasteiger partial charge in [-0.25, -0.2) is 0 Å². The molecule has 0 fully saturated rings. The predicted octanol–water partition coefficient (Wildman–Crippen LogP) is 3.09. The van der Waals surface area contributed by atoms with Crippen LogP contribution in [-0.2, 0) is 6.54 Å². The predicted molar refractivity (Wildman–Crippen MR) is 62.9 cm³/mol. The van der Waals surface area contributed by atoms with Crippen LogP contribution in [0, 0.1) is 12.3 Å². The summed E-state index contributed by atoms with van der Waals surface area (Å²) in [5, 5.41) is 3.16. The summed E-state index contributed by atoms with van der Waals surface area (Å²) in [5.74, 6) is 2.31. The lowest BCUT2D eigenvalue weighted by molar-refractivity contribution is -0.274. The molecule has 1 aromatic rings. The van der Waals surface area contributed by atoms with Gasteiger partial charge in [-0.3, -0.25) is 0 Å². The average molecular weight is 257 g/mol. The van der Waals surface area contributed by atoms with Gasteiger partial charge in [0.15, 0.2) is 0 Å². The molecule has 1 rings (SSSR count). The molecule has 0 saturated heterocycles. The fourth-order valence-corrected chi connectivity index (χ4v) is 1.35. The molecular formula is C13H14F3NO. The number of hydrogen-bond acceptors (Lipinski definition) is 2. The van der Waals surface area contributed by atoms with Crippen molar-refractivity contribution in [3.05, 3.63) is 29.8 Å². The van der Waals surface area contributed by atoms with Crippen molar-refractivity contribution in [2.45, 2.75) is 32.3 Å². The zero-order chi connectivity index (χ0) is 13.6. The molecule has 18 heavy (non-hydrogen) atoms. The minimum absolute atomic E-state index is 0.168. The number of hydrogen-bond donors (Lipinski definition) is 1. The average Bonchev–Trinajstić information content (AvgIpc) is 2.26. The molecule has 0 spiro atoms. The van der Waals surface area contributed by atoms with E-state index in [1.165, 1.54) is 12.1 Å². The highest BCUT2D eigenvalue weighted by atomic mass is 19.4. The Kier molecular flexibility index (Phi) is 5.05. The molecule has 1 unspecified atom stereocenters. The Balaban J connectivity index is 2.48. The SMILES string of the molecule is C#CCC(C)NCc1ccc(OC(F)(F)F)cc1. The number of rotatable bonds is 5. The third kappa shape index (κ3) is 5.60. The maximum Gasteiger partial charge on any atom is 0.573 e. The van der Waals surface area contributed by atoms with Crippen LogP contribution >= 0.6 is 0 Å². The Labute approximate surface area is 104 Å².